The summed E-state index contributed by atoms with van der Waals surface area (Å²) < 4.78 is 5.57. The van der Waals surface area contributed by atoms with Gasteiger partial charge in [-0.1, -0.05) is 30.2 Å². The zero-order chi connectivity index (χ0) is 16.4. The number of furan rings is 1. The molecule has 2 N–H and O–H groups in total. The summed E-state index contributed by atoms with van der Waals surface area (Å²) in [6.07, 6.45) is 2.05. The largest absolute Gasteiger partial charge is 0.481 e. The Morgan fingerprint density at radius 3 is 2.70 bits per heavy atom. The van der Waals surface area contributed by atoms with Crippen molar-refractivity contribution >= 4 is 23.5 Å². The minimum Gasteiger partial charge on any atom is -0.481 e. The molecule has 1 aliphatic rings. The normalized spacial score (nSPS) is 20.4. The van der Waals surface area contributed by atoms with Crippen LogP contribution in [0.2, 0.25) is 5.02 Å². The second kappa shape index (κ2) is 6.46. The van der Waals surface area contributed by atoms with Gasteiger partial charge in [-0.2, -0.15) is 0 Å². The Morgan fingerprint density at radius 2 is 1.96 bits per heavy atom. The maximum atomic E-state index is 12.3. The Labute approximate surface area is 138 Å². The zero-order valence-electron chi connectivity index (χ0n) is 12.3. The topological polar surface area (TPSA) is 79.5 Å². The first kappa shape index (κ1) is 15.6. The summed E-state index contributed by atoms with van der Waals surface area (Å²) in [4.78, 5) is 23.4. The predicted octanol–water partition coefficient (Wildman–Crippen LogP) is 3.58. The fraction of sp³-hybridized carbons (Fsp3) is 0.294. The van der Waals surface area contributed by atoms with Gasteiger partial charge in [0.05, 0.1) is 10.9 Å². The number of carbonyl (C=O) groups is 2. The number of nitrogens with one attached hydrogen (secondary N) is 1. The molecule has 0 saturated heterocycles. The lowest BCUT2D eigenvalue weighted by Gasteiger charge is -2.16. The van der Waals surface area contributed by atoms with Crippen molar-refractivity contribution in [3.05, 3.63) is 47.2 Å². The van der Waals surface area contributed by atoms with Crippen LogP contribution in [0.4, 0.5) is 0 Å². The van der Waals surface area contributed by atoms with Crippen LogP contribution >= 0.6 is 11.6 Å². The molecule has 1 aliphatic carbocycles. The number of rotatable bonds is 4. The standard InChI is InChI=1S/C17H16ClNO4/c18-12-6-2-1-4-10(12)14-8-9-15(23-14)16(20)19-13-7-3-5-11(13)17(21)22/h1-2,4,6,8-9,11,13H,3,5,7H2,(H,19,20)(H,21,22)/t11-,13+/m1/s1. The van der Waals surface area contributed by atoms with Crippen LogP contribution in [0.1, 0.15) is 29.8 Å². The van der Waals surface area contributed by atoms with E-state index in [4.69, 9.17) is 21.1 Å². The van der Waals surface area contributed by atoms with Gasteiger partial charge in [-0.15, -0.1) is 0 Å². The van der Waals surface area contributed by atoms with E-state index in [-0.39, 0.29) is 11.8 Å². The van der Waals surface area contributed by atoms with Gasteiger partial charge in [-0.25, -0.2) is 0 Å². The number of carboxylic acids is 1. The average Bonchev–Trinajstić information content (AvgIpc) is 3.16. The second-order valence-electron chi connectivity index (χ2n) is 5.60. The third kappa shape index (κ3) is 3.24. The second-order valence-corrected chi connectivity index (χ2v) is 6.01. The first-order valence-corrected chi connectivity index (χ1v) is 7.82. The number of carbonyl (C=O) groups excluding carboxylic acids is 1. The average molecular weight is 334 g/mol. The molecule has 3 rings (SSSR count). The Hall–Kier alpha value is -2.27. The van der Waals surface area contributed by atoms with E-state index in [0.29, 0.717) is 29.2 Å². The number of hydrogen-bond donors (Lipinski definition) is 2. The zero-order valence-corrected chi connectivity index (χ0v) is 13.0. The summed E-state index contributed by atoms with van der Waals surface area (Å²) in [5.74, 6) is -1.15. The van der Waals surface area contributed by atoms with Crippen molar-refractivity contribution < 1.29 is 19.1 Å². The van der Waals surface area contributed by atoms with Gasteiger partial charge in [-0.3, -0.25) is 9.59 Å². The molecule has 23 heavy (non-hydrogen) atoms. The summed E-state index contributed by atoms with van der Waals surface area (Å²) >= 11 is 6.11. The van der Waals surface area contributed by atoms with E-state index in [0.717, 1.165) is 6.42 Å². The molecule has 1 saturated carbocycles. The van der Waals surface area contributed by atoms with E-state index in [1.807, 2.05) is 12.1 Å². The minimum absolute atomic E-state index is 0.149. The number of hydrogen-bond acceptors (Lipinski definition) is 3. The van der Waals surface area contributed by atoms with E-state index in [1.165, 1.54) is 0 Å². The molecule has 6 heteroatoms. The predicted molar refractivity (Wildman–Crippen MR) is 85.4 cm³/mol. The van der Waals surface area contributed by atoms with Crippen molar-refractivity contribution in [2.75, 3.05) is 0 Å². The highest BCUT2D eigenvalue weighted by atomic mass is 35.5. The van der Waals surface area contributed by atoms with Crippen LogP contribution in [0.25, 0.3) is 11.3 Å². The quantitative estimate of drug-likeness (QED) is 0.896. The van der Waals surface area contributed by atoms with Crippen LogP contribution in [-0.2, 0) is 4.79 Å². The summed E-state index contributed by atoms with van der Waals surface area (Å²) in [7, 11) is 0. The molecule has 1 heterocycles. The third-order valence-corrected chi connectivity index (χ3v) is 4.45. The third-order valence-electron chi connectivity index (χ3n) is 4.12. The van der Waals surface area contributed by atoms with Gasteiger partial charge in [0.1, 0.15) is 5.76 Å². The van der Waals surface area contributed by atoms with Gasteiger partial charge in [0.2, 0.25) is 0 Å². The van der Waals surface area contributed by atoms with Crippen molar-refractivity contribution in [3.63, 3.8) is 0 Å². The fourth-order valence-corrected chi connectivity index (χ4v) is 3.16. The molecule has 1 fully saturated rings. The van der Waals surface area contributed by atoms with E-state index in [9.17, 15) is 9.59 Å². The maximum absolute atomic E-state index is 12.3. The number of aliphatic carboxylic acids is 1. The van der Waals surface area contributed by atoms with Gasteiger partial charge < -0.3 is 14.8 Å². The molecule has 0 unspecified atom stereocenters. The highest BCUT2D eigenvalue weighted by Crippen LogP contribution is 2.30. The smallest absolute Gasteiger partial charge is 0.308 e. The Bertz CT molecular complexity index is 740. The first-order chi connectivity index (χ1) is 11.1. The fourth-order valence-electron chi connectivity index (χ4n) is 2.93. The minimum atomic E-state index is -0.871. The van der Waals surface area contributed by atoms with Gasteiger partial charge in [-0.05, 0) is 37.1 Å². The van der Waals surface area contributed by atoms with Crippen LogP contribution in [0, 0.1) is 5.92 Å². The van der Waals surface area contributed by atoms with E-state index in [2.05, 4.69) is 5.32 Å². The number of halogens is 1. The van der Waals surface area contributed by atoms with Crippen LogP contribution in [0.15, 0.2) is 40.8 Å². The lowest BCUT2D eigenvalue weighted by molar-refractivity contribution is -0.142. The Kier molecular flexibility index (Phi) is 4.39. The van der Waals surface area contributed by atoms with Crippen molar-refractivity contribution in [2.45, 2.75) is 25.3 Å². The number of carboxylic acid groups (broad SMARTS) is 1. The summed E-state index contributed by atoms with van der Waals surface area (Å²) in [6, 6.07) is 10.1. The van der Waals surface area contributed by atoms with Crippen LogP contribution in [-0.4, -0.2) is 23.0 Å². The highest BCUT2D eigenvalue weighted by Gasteiger charge is 2.34. The van der Waals surface area contributed by atoms with E-state index in [1.54, 1.807) is 24.3 Å². The molecule has 0 spiro atoms. The van der Waals surface area contributed by atoms with Crippen LogP contribution in [0.5, 0.6) is 0 Å². The number of amides is 1. The molecule has 0 aliphatic heterocycles. The molecule has 5 nitrogen and oxygen atoms in total. The molecule has 1 aromatic carbocycles. The van der Waals surface area contributed by atoms with E-state index >= 15 is 0 Å². The van der Waals surface area contributed by atoms with Crippen LogP contribution < -0.4 is 5.32 Å². The molecule has 0 bridgehead atoms. The van der Waals surface area contributed by atoms with Crippen molar-refractivity contribution in [2.24, 2.45) is 5.92 Å². The van der Waals surface area contributed by atoms with Crippen molar-refractivity contribution in [3.8, 4) is 11.3 Å². The molecular formula is C17H16ClNO4. The van der Waals surface area contributed by atoms with Crippen molar-refractivity contribution in [1.82, 2.24) is 5.32 Å². The lowest BCUT2D eigenvalue weighted by atomic mass is 10.0. The SMILES string of the molecule is O=C(N[C@H]1CCC[C@H]1C(=O)O)c1ccc(-c2ccccc2Cl)o1. The Balaban J connectivity index is 1.74. The molecule has 2 aromatic rings. The van der Waals surface area contributed by atoms with Gasteiger partial charge >= 0.3 is 5.97 Å². The first-order valence-electron chi connectivity index (χ1n) is 7.44. The monoisotopic (exact) mass is 333 g/mol. The molecule has 1 aromatic heterocycles. The van der Waals surface area contributed by atoms with Crippen molar-refractivity contribution in [1.29, 1.82) is 0 Å². The summed E-state index contributed by atoms with van der Waals surface area (Å²) in [5, 5.41) is 12.5. The van der Waals surface area contributed by atoms with Gasteiger partial charge in [0.25, 0.3) is 5.91 Å². The summed E-state index contributed by atoms with van der Waals surface area (Å²) in [6.45, 7) is 0. The summed E-state index contributed by atoms with van der Waals surface area (Å²) in [5.41, 5.74) is 0.706. The molecule has 0 radical (unpaired) electrons. The molecule has 120 valence electrons. The molecule has 1 amide bonds. The Morgan fingerprint density at radius 1 is 1.17 bits per heavy atom. The van der Waals surface area contributed by atoms with Gasteiger partial charge in [0, 0.05) is 11.6 Å². The van der Waals surface area contributed by atoms with Gasteiger partial charge in [0.15, 0.2) is 5.76 Å². The highest BCUT2D eigenvalue weighted by molar-refractivity contribution is 6.33. The molecule has 2 atom stereocenters. The number of benzene rings is 1. The van der Waals surface area contributed by atoms with E-state index < -0.39 is 17.8 Å². The lowest BCUT2D eigenvalue weighted by Crippen LogP contribution is -2.40. The maximum Gasteiger partial charge on any atom is 0.308 e. The van der Waals surface area contributed by atoms with Crippen LogP contribution in [0.3, 0.4) is 0 Å². The molecular weight excluding hydrogens is 318 g/mol.